The van der Waals surface area contributed by atoms with E-state index < -0.39 is 0 Å². The van der Waals surface area contributed by atoms with Crippen molar-refractivity contribution in [1.82, 2.24) is 10.3 Å². The molecule has 1 saturated carbocycles. The van der Waals surface area contributed by atoms with Crippen LogP contribution in [0.25, 0.3) is 0 Å². The van der Waals surface area contributed by atoms with Gasteiger partial charge in [-0.3, -0.25) is 4.79 Å². The van der Waals surface area contributed by atoms with Gasteiger partial charge < -0.3 is 10.7 Å². The van der Waals surface area contributed by atoms with Crippen LogP contribution in [-0.4, -0.2) is 28.4 Å². The fraction of sp³-hybridized carbons (Fsp3) is 0.600. The number of thioether (sulfide) groups is 1. The minimum Gasteiger partial charge on any atom is -0.349 e. The second-order valence-electron chi connectivity index (χ2n) is 5.81. The van der Waals surface area contributed by atoms with Crippen molar-refractivity contribution in [3.63, 3.8) is 0 Å². The number of nitrogen functional groups attached to an aromatic ring is 1. The van der Waals surface area contributed by atoms with Crippen LogP contribution in [-0.2, 0) is 0 Å². The first kappa shape index (κ1) is 16.1. The molecule has 6 heteroatoms. The van der Waals surface area contributed by atoms with Crippen LogP contribution in [0.15, 0.2) is 12.1 Å². The molecule has 1 aromatic heterocycles. The second-order valence-corrected chi connectivity index (χ2v) is 6.94. The molecule has 5 nitrogen and oxygen atoms in total. The van der Waals surface area contributed by atoms with E-state index in [1.54, 1.807) is 6.07 Å². The molecule has 0 spiro atoms. The number of nitrogens with two attached hydrogens (primary N) is 1. The average Bonchev–Trinajstić information content (AvgIpc) is 2.94. The molecule has 1 aliphatic carbocycles. The Kier molecular flexibility index (Phi) is 5.47. The molecule has 116 valence electrons. The van der Waals surface area contributed by atoms with Crippen LogP contribution in [0.3, 0.4) is 0 Å². The Labute approximate surface area is 130 Å². The lowest BCUT2D eigenvalue weighted by Crippen LogP contribution is -2.33. The van der Waals surface area contributed by atoms with Crippen LogP contribution < -0.4 is 16.6 Å². The standard InChI is InChI=1S/C15H24N4OS/c1-9(2)13-6-10(7-14(18-13)19-16)15(20)17-11-4-5-12(8-11)21-3/h6-7,9,11-12H,4-5,8,16H2,1-3H3,(H,17,20)(H,18,19). The van der Waals surface area contributed by atoms with Gasteiger partial charge in [-0.15, -0.1) is 0 Å². The van der Waals surface area contributed by atoms with E-state index in [0.717, 1.165) is 18.5 Å². The maximum absolute atomic E-state index is 12.4. The van der Waals surface area contributed by atoms with Crippen molar-refractivity contribution in [2.45, 2.75) is 50.3 Å². The Morgan fingerprint density at radius 3 is 2.76 bits per heavy atom. The molecule has 0 aromatic carbocycles. The minimum atomic E-state index is -0.0393. The van der Waals surface area contributed by atoms with Crippen LogP contribution in [0, 0.1) is 0 Å². The van der Waals surface area contributed by atoms with Crippen LogP contribution >= 0.6 is 11.8 Å². The first-order valence-electron chi connectivity index (χ1n) is 7.35. The van der Waals surface area contributed by atoms with E-state index in [1.165, 1.54) is 6.42 Å². The predicted octanol–water partition coefficient (Wildman–Crippen LogP) is 2.50. The number of nitrogens with zero attached hydrogens (tertiary/aromatic N) is 1. The molecule has 0 radical (unpaired) electrons. The summed E-state index contributed by atoms with van der Waals surface area (Å²) in [5.41, 5.74) is 4.02. The highest BCUT2D eigenvalue weighted by Gasteiger charge is 2.25. The molecular formula is C15H24N4OS. The number of carbonyl (C=O) groups excluding carboxylic acids is 1. The van der Waals surface area contributed by atoms with Gasteiger partial charge in [0.2, 0.25) is 0 Å². The third kappa shape index (κ3) is 4.11. The van der Waals surface area contributed by atoms with Crippen LogP contribution in [0.2, 0.25) is 0 Å². The SMILES string of the molecule is CSC1CCC(NC(=O)c2cc(NN)nc(C(C)C)c2)C1. The lowest BCUT2D eigenvalue weighted by Gasteiger charge is -2.15. The van der Waals surface area contributed by atoms with E-state index >= 15 is 0 Å². The summed E-state index contributed by atoms with van der Waals surface area (Å²) < 4.78 is 0. The van der Waals surface area contributed by atoms with E-state index in [4.69, 9.17) is 5.84 Å². The van der Waals surface area contributed by atoms with Gasteiger partial charge in [-0.2, -0.15) is 11.8 Å². The molecule has 21 heavy (non-hydrogen) atoms. The first-order valence-corrected chi connectivity index (χ1v) is 8.64. The molecule has 2 rings (SSSR count). The molecule has 4 N–H and O–H groups in total. The fourth-order valence-corrected chi connectivity index (χ4v) is 3.40. The van der Waals surface area contributed by atoms with Crippen molar-refractivity contribution < 1.29 is 4.79 Å². The number of pyridine rings is 1. The number of rotatable bonds is 5. The molecule has 0 bridgehead atoms. The normalized spacial score (nSPS) is 21.6. The molecule has 2 atom stereocenters. The number of nitrogens with one attached hydrogen (secondary N) is 2. The summed E-state index contributed by atoms with van der Waals surface area (Å²) in [5, 5.41) is 3.80. The van der Waals surface area contributed by atoms with Crippen LogP contribution in [0.1, 0.15) is 55.1 Å². The number of amides is 1. The third-order valence-electron chi connectivity index (χ3n) is 3.90. The van der Waals surface area contributed by atoms with E-state index in [1.807, 2.05) is 31.7 Å². The van der Waals surface area contributed by atoms with Crippen molar-refractivity contribution in [2.75, 3.05) is 11.7 Å². The summed E-state index contributed by atoms with van der Waals surface area (Å²) in [6, 6.07) is 3.82. The Bertz CT molecular complexity index is 506. The number of anilines is 1. The quantitative estimate of drug-likeness (QED) is 0.575. The highest BCUT2D eigenvalue weighted by atomic mass is 32.2. The number of hydrogen-bond acceptors (Lipinski definition) is 5. The zero-order valence-corrected chi connectivity index (χ0v) is 13.7. The van der Waals surface area contributed by atoms with E-state index in [0.29, 0.717) is 16.6 Å². The average molecular weight is 308 g/mol. The van der Waals surface area contributed by atoms with Crippen LogP contribution in [0.4, 0.5) is 5.82 Å². The van der Waals surface area contributed by atoms with Crippen LogP contribution in [0.5, 0.6) is 0 Å². The number of carbonyl (C=O) groups is 1. The van der Waals surface area contributed by atoms with E-state index in [-0.39, 0.29) is 17.9 Å². The van der Waals surface area contributed by atoms with Crippen molar-refractivity contribution in [3.05, 3.63) is 23.4 Å². The Morgan fingerprint density at radius 1 is 1.43 bits per heavy atom. The summed E-state index contributed by atoms with van der Waals surface area (Å²) in [5.74, 6) is 6.18. The maximum Gasteiger partial charge on any atom is 0.251 e. The molecule has 1 aromatic rings. The Hall–Kier alpha value is -1.27. The highest BCUT2D eigenvalue weighted by Crippen LogP contribution is 2.28. The summed E-state index contributed by atoms with van der Waals surface area (Å²) in [7, 11) is 0. The zero-order valence-electron chi connectivity index (χ0n) is 12.8. The molecule has 1 fully saturated rings. The summed E-state index contributed by atoms with van der Waals surface area (Å²) in [4.78, 5) is 16.8. The molecule has 2 unspecified atom stereocenters. The fourth-order valence-electron chi connectivity index (χ4n) is 2.61. The van der Waals surface area contributed by atoms with Gasteiger partial charge >= 0.3 is 0 Å². The first-order chi connectivity index (χ1) is 10.0. The maximum atomic E-state index is 12.4. The van der Waals surface area contributed by atoms with Crippen molar-refractivity contribution >= 4 is 23.5 Å². The molecule has 1 amide bonds. The highest BCUT2D eigenvalue weighted by molar-refractivity contribution is 7.99. The molecular weight excluding hydrogens is 284 g/mol. The van der Waals surface area contributed by atoms with E-state index in [2.05, 4.69) is 22.0 Å². The molecule has 0 saturated heterocycles. The lowest BCUT2D eigenvalue weighted by molar-refractivity contribution is 0.0938. The summed E-state index contributed by atoms with van der Waals surface area (Å²) in [6.07, 6.45) is 5.42. The monoisotopic (exact) mass is 308 g/mol. The van der Waals surface area contributed by atoms with Gasteiger partial charge in [-0.1, -0.05) is 13.8 Å². The topological polar surface area (TPSA) is 80.0 Å². The van der Waals surface area contributed by atoms with Gasteiger partial charge in [0.1, 0.15) is 5.82 Å². The predicted molar refractivity (Wildman–Crippen MR) is 88.5 cm³/mol. The zero-order chi connectivity index (χ0) is 15.4. The number of aromatic nitrogens is 1. The Balaban J connectivity index is 2.10. The second kappa shape index (κ2) is 7.13. The van der Waals surface area contributed by atoms with Gasteiger partial charge in [0.25, 0.3) is 5.91 Å². The summed E-state index contributed by atoms with van der Waals surface area (Å²) >= 11 is 1.88. The van der Waals surface area contributed by atoms with Gasteiger partial charge in [0, 0.05) is 22.5 Å². The number of hydrazine groups is 1. The minimum absolute atomic E-state index is 0.0393. The molecule has 1 aliphatic rings. The van der Waals surface area contributed by atoms with Crippen molar-refractivity contribution in [2.24, 2.45) is 5.84 Å². The smallest absolute Gasteiger partial charge is 0.251 e. The molecule has 1 heterocycles. The lowest BCUT2D eigenvalue weighted by atomic mass is 10.1. The van der Waals surface area contributed by atoms with E-state index in [9.17, 15) is 4.79 Å². The van der Waals surface area contributed by atoms with Gasteiger partial charge in [0.05, 0.1) is 0 Å². The van der Waals surface area contributed by atoms with Gasteiger partial charge in [-0.05, 0) is 43.6 Å². The van der Waals surface area contributed by atoms with Gasteiger partial charge in [-0.25, -0.2) is 10.8 Å². The van der Waals surface area contributed by atoms with Crippen molar-refractivity contribution in [3.8, 4) is 0 Å². The molecule has 0 aliphatic heterocycles. The Morgan fingerprint density at radius 2 is 2.19 bits per heavy atom. The van der Waals surface area contributed by atoms with Gasteiger partial charge in [0.15, 0.2) is 0 Å². The largest absolute Gasteiger partial charge is 0.349 e. The van der Waals surface area contributed by atoms with Crippen molar-refractivity contribution in [1.29, 1.82) is 0 Å². The third-order valence-corrected chi connectivity index (χ3v) is 4.99. The number of hydrogen-bond donors (Lipinski definition) is 3. The summed E-state index contributed by atoms with van der Waals surface area (Å²) in [6.45, 7) is 4.09.